The van der Waals surface area contributed by atoms with Crippen LogP contribution in [0.3, 0.4) is 0 Å². The fraction of sp³-hybridized carbons (Fsp3) is 0.424. The Morgan fingerprint density at radius 1 is 0.923 bits per heavy atom. The number of para-hydroxylation sites is 1. The van der Waals surface area contributed by atoms with Crippen molar-refractivity contribution >= 4 is 5.91 Å². The van der Waals surface area contributed by atoms with Gasteiger partial charge in [0.05, 0.1) is 26.4 Å². The molecule has 6 heteroatoms. The topological polar surface area (TPSA) is 62.2 Å². The summed E-state index contributed by atoms with van der Waals surface area (Å²) in [6.07, 6.45) is 4.07. The van der Waals surface area contributed by atoms with Crippen LogP contribution in [-0.4, -0.2) is 66.5 Å². The number of aliphatic hydroxyl groups is 1. The van der Waals surface area contributed by atoms with Gasteiger partial charge >= 0.3 is 0 Å². The SMILES string of the molecule is CCCCCCOc1ccccc1CN(C(=O)c1ccc(-c2ccccc2)cc1)C(O)CCN1CCOCC1. The van der Waals surface area contributed by atoms with E-state index >= 15 is 0 Å². The molecule has 6 nitrogen and oxygen atoms in total. The van der Waals surface area contributed by atoms with Crippen molar-refractivity contribution < 1.29 is 19.4 Å². The lowest BCUT2D eigenvalue weighted by Crippen LogP contribution is -2.43. The molecule has 3 aromatic rings. The summed E-state index contributed by atoms with van der Waals surface area (Å²) in [4.78, 5) is 17.7. The van der Waals surface area contributed by atoms with E-state index in [1.807, 2.05) is 66.7 Å². The molecule has 1 aliphatic rings. The Hall–Kier alpha value is -3.19. The monoisotopic (exact) mass is 530 g/mol. The largest absolute Gasteiger partial charge is 0.493 e. The molecule has 4 rings (SSSR count). The standard InChI is InChI=1S/C33H42N2O4/c1-2-3-4-10-23-39-31-14-9-8-13-30(31)26-35(32(36)19-20-34-21-24-38-25-22-34)33(37)29-17-15-28(16-18-29)27-11-6-5-7-12-27/h5-9,11-18,32,36H,2-4,10,19-26H2,1H3. The molecule has 0 aromatic heterocycles. The number of rotatable bonds is 14. The van der Waals surface area contributed by atoms with Crippen molar-refractivity contribution in [2.75, 3.05) is 39.5 Å². The molecule has 1 unspecified atom stereocenters. The minimum atomic E-state index is -0.924. The predicted octanol–water partition coefficient (Wildman–Crippen LogP) is 6.00. The molecular formula is C33H42N2O4. The number of amides is 1. The molecule has 1 saturated heterocycles. The van der Waals surface area contributed by atoms with Crippen molar-refractivity contribution in [3.63, 3.8) is 0 Å². The third-order valence-corrected chi connectivity index (χ3v) is 7.24. The highest BCUT2D eigenvalue weighted by molar-refractivity contribution is 5.94. The first-order valence-corrected chi connectivity index (χ1v) is 14.3. The summed E-state index contributed by atoms with van der Waals surface area (Å²) in [6, 6.07) is 25.6. The van der Waals surface area contributed by atoms with Gasteiger partial charge < -0.3 is 19.5 Å². The van der Waals surface area contributed by atoms with Gasteiger partial charge in [-0.15, -0.1) is 0 Å². The molecule has 1 fully saturated rings. The van der Waals surface area contributed by atoms with Gasteiger partial charge in [-0.05, 0) is 35.7 Å². The van der Waals surface area contributed by atoms with Crippen molar-refractivity contribution in [2.45, 2.75) is 51.8 Å². The van der Waals surface area contributed by atoms with E-state index in [-0.39, 0.29) is 12.5 Å². The van der Waals surface area contributed by atoms with Crippen LogP contribution in [0.4, 0.5) is 0 Å². The third-order valence-electron chi connectivity index (χ3n) is 7.24. The van der Waals surface area contributed by atoms with Crippen LogP contribution >= 0.6 is 0 Å². The van der Waals surface area contributed by atoms with Crippen LogP contribution in [0.5, 0.6) is 5.75 Å². The van der Waals surface area contributed by atoms with Gasteiger partial charge in [0, 0.05) is 37.2 Å². The Morgan fingerprint density at radius 2 is 1.62 bits per heavy atom. The van der Waals surface area contributed by atoms with E-state index in [2.05, 4.69) is 24.0 Å². The lowest BCUT2D eigenvalue weighted by molar-refractivity contribution is -0.0151. The quantitative estimate of drug-likeness (QED) is 0.205. The second kappa shape index (κ2) is 15.4. The zero-order valence-electron chi connectivity index (χ0n) is 23.1. The second-order valence-electron chi connectivity index (χ2n) is 10.1. The summed E-state index contributed by atoms with van der Waals surface area (Å²) < 4.78 is 11.6. The van der Waals surface area contributed by atoms with Crippen LogP contribution in [0.25, 0.3) is 11.1 Å². The van der Waals surface area contributed by atoms with Crippen LogP contribution in [0.15, 0.2) is 78.9 Å². The van der Waals surface area contributed by atoms with Crippen molar-refractivity contribution in [1.29, 1.82) is 0 Å². The fourth-order valence-electron chi connectivity index (χ4n) is 4.86. The number of hydrogen-bond acceptors (Lipinski definition) is 5. The van der Waals surface area contributed by atoms with Crippen molar-refractivity contribution in [3.05, 3.63) is 90.0 Å². The van der Waals surface area contributed by atoms with Crippen LogP contribution in [0.2, 0.25) is 0 Å². The van der Waals surface area contributed by atoms with Crippen molar-refractivity contribution in [3.8, 4) is 16.9 Å². The summed E-state index contributed by atoms with van der Waals surface area (Å²) >= 11 is 0. The number of benzene rings is 3. The van der Waals surface area contributed by atoms with Gasteiger partial charge in [-0.3, -0.25) is 9.69 Å². The van der Waals surface area contributed by atoms with Crippen LogP contribution in [0, 0.1) is 0 Å². The van der Waals surface area contributed by atoms with E-state index in [9.17, 15) is 9.90 Å². The molecule has 0 spiro atoms. The Bertz CT molecular complexity index is 1130. The molecule has 1 N–H and O–H groups in total. The summed E-state index contributed by atoms with van der Waals surface area (Å²) in [6.45, 7) is 6.91. The average molecular weight is 531 g/mol. The summed E-state index contributed by atoms with van der Waals surface area (Å²) in [5.41, 5.74) is 3.60. The Balaban J connectivity index is 1.50. The predicted molar refractivity (Wildman–Crippen MR) is 156 cm³/mol. The van der Waals surface area contributed by atoms with E-state index in [1.165, 1.54) is 12.8 Å². The van der Waals surface area contributed by atoms with Crippen LogP contribution < -0.4 is 4.74 Å². The van der Waals surface area contributed by atoms with Gasteiger partial charge in [0.2, 0.25) is 0 Å². The minimum Gasteiger partial charge on any atom is -0.493 e. The average Bonchev–Trinajstić information content (AvgIpc) is 3.00. The van der Waals surface area contributed by atoms with Crippen molar-refractivity contribution in [2.24, 2.45) is 0 Å². The van der Waals surface area contributed by atoms with Gasteiger partial charge in [0.1, 0.15) is 12.0 Å². The number of aliphatic hydroxyl groups excluding tert-OH is 1. The number of hydrogen-bond donors (Lipinski definition) is 1. The molecule has 1 heterocycles. The van der Waals surface area contributed by atoms with E-state index in [0.29, 0.717) is 38.3 Å². The summed E-state index contributed by atoms with van der Waals surface area (Å²) in [5, 5.41) is 11.3. The molecule has 3 aromatic carbocycles. The summed E-state index contributed by atoms with van der Waals surface area (Å²) in [5.74, 6) is 0.577. The number of unbranched alkanes of at least 4 members (excludes halogenated alkanes) is 3. The molecule has 1 atom stereocenters. The highest BCUT2D eigenvalue weighted by Crippen LogP contribution is 2.25. The first kappa shape index (κ1) is 28.8. The lowest BCUT2D eigenvalue weighted by Gasteiger charge is -2.32. The molecule has 0 aliphatic carbocycles. The maximum absolute atomic E-state index is 13.8. The van der Waals surface area contributed by atoms with Gasteiger partial charge in [-0.25, -0.2) is 0 Å². The Morgan fingerprint density at radius 3 is 2.36 bits per heavy atom. The van der Waals surface area contributed by atoms with E-state index in [4.69, 9.17) is 9.47 Å². The smallest absolute Gasteiger partial charge is 0.256 e. The van der Waals surface area contributed by atoms with Gasteiger partial charge in [0.25, 0.3) is 5.91 Å². The maximum Gasteiger partial charge on any atom is 0.256 e. The Labute approximate surface area is 233 Å². The normalized spacial score (nSPS) is 14.6. The number of carbonyl (C=O) groups excluding carboxylic acids is 1. The maximum atomic E-state index is 13.8. The molecule has 208 valence electrons. The van der Waals surface area contributed by atoms with Gasteiger partial charge in [0.15, 0.2) is 0 Å². The molecule has 0 saturated carbocycles. The Kier molecular flexibility index (Phi) is 11.4. The second-order valence-corrected chi connectivity index (χ2v) is 10.1. The number of nitrogens with zero attached hydrogens (tertiary/aromatic N) is 2. The third kappa shape index (κ3) is 8.65. The summed E-state index contributed by atoms with van der Waals surface area (Å²) in [7, 11) is 0. The zero-order valence-corrected chi connectivity index (χ0v) is 23.1. The first-order chi connectivity index (χ1) is 19.2. The number of carbonyl (C=O) groups is 1. The van der Waals surface area contributed by atoms with E-state index in [0.717, 1.165) is 48.4 Å². The molecule has 0 radical (unpaired) electrons. The highest BCUT2D eigenvalue weighted by atomic mass is 16.5. The number of ether oxygens (including phenoxy) is 2. The van der Waals surface area contributed by atoms with Gasteiger partial charge in [-0.1, -0.05) is 86.8 Å². The molecule has 39 heavy (non-hydrogen) atoms. The van der Waals surface area contributed by atoms with Crippen LogP contribution in [-0.2, 0) is 11.3 Å². The highest BCUT2D eigenvalue weighted by Gasteiger charge is 2.25. The first-order valence-electron chi connectivity index (χ1n) is 14.3. The minimum absolute atomic E-state index is 0.193. The van der Waals surface area contributed by atoms with Crippen LogP contribution in [0.1, 0.15) is 54.9 Å². The lowest BCUT2D eigenvalue weighted by atomic mass is 10.0. The van der Waals surface area contributed by atoms with E-state index in [1.54, 1.807) is 4.90 Å². The van der Waals surface area contributed by atoms with E-state index < -0.39 is 6.23 Å². The molecule has 1 amide bonds. The number of morpholine rings is 1. The molecule has 1 aliphatic heterocycles. The van der Waals surface area contributed by atoms with Crippen molar-refractivity contribution in [1.82, 2.24) is 9.80 Å². The fourth-order valence-corrected chi connectivity index (χ4v) is 4.86. The molecular weight excluding hydrogens is 488 g/mol. The molecule has 0 bridgehead atoms. The van der Waals surface area contributed by atoms with Gasteiger partial charge in [-0.2, -0.15) is 0 Å². The zero-order chi connectivity index (χ0) is 27.3.